The molecule has 0 atom stereocenters. The molecule has 0 saturated carbocycles. The zero-order valence-electron chi connectivity index (χ0n) is 9.81. The van der Waals surface area contributed by atoms with Crippen molar-refractivity contribution in [3.63, 3.8) is 0 Å². The van der Waals surface area contributed by atoms with Gasteiger partial charge >= 0.3 is 0 Å². The van der Waals surface area contributed by atoms with Gasteiger partial charge in [-0.1, -0.05) is 6.07 Å². The Kier molecular flexibility index (Phi) is 6.30. The maximum Gasteiger partial charge on any atom is 0.166 e. The van der Waals surface area contributed by atoms with Crippen molar-refractivity contribution in [2.45, 2.75) is 25.0 Å². The number of hydrogen-bond donors (Lipinski definition) is 1. The smallest absolute Gasteiger partial charge is 0.166 e. The van der Waals surface area contributed by atoms with Gasteiger partial charge in [0.25, 0.3) is 0 Å². The molecule has 90 valence electrons. The van der Waals surface area contributed by atoms with Crippen LogP contribution >= 0.6 is 11.8 Å². The van der Waals surface area contributed by atoms with E-state index < -0.39 is 0 Å². The van der Waals surface area contributed by atoms with Crippen molar-refractivity contribution in [1.29, 1.82) is 0 Å². The Labute approximate surface area is 101 Å². The monoisotopic (exact) mass is 241 g/mol. The number of thioether (sulfide) groups is 1. The topological polar surface area (TPSA) is 44.5 Å². The van der Waals surface area contributed by atoms with Crippen molar-refractivity contribution < 1.29 is 9.47 Å². The van der Waals surface area contributed by atoms with Crippen LogP contribution in [-0.2, 0) is 9.47 Å². The van der Waals surface area contributed by atoms with E-state index >= 15 is 0 Å². The average Bonchev–Trinajstić information content (AvgIpc) is 2.27. The fraction of sp³-hybridized carbons (Fsp3) is 0.500. The molecule has 0 heterocycles. The van der Waals surface area contributed by atoms with Crippen LogP contribution in [0.5, 0.6) is 0 Å². The van der Waals surface area contributed by atoms with Gasteiger partial charge in [0.2, 0.25) is 0 Å². The highest BCUT2D eigenvalue weighted by atomic mass is 32.2. The van der Waals surface area contributed by atoms with Crippen LogP contribution < -0.4 is 5.73 Å². The molecule has 0 aliphatic carbocycles. The highest BCUT2D eigenvalue weighted by Gasteiger charge is 2.08. The molecule has 1 aromatic carbocycles. The highest BCUT2D eigenvalue weighted by Crippen LogP contribution is 2.21. The van der Waals surface area contributed by atoms with Crippen molar-refractivity contribution in [1.82, 2.24) is 0 Å². The zero-order chi connectivity index (χ0) is 11.8. The SMILES string of the molecule is CCOC(CSc1cccc(N)c1)OCC. The maximum atomic E-state index is 5.71. The Morgan fingerprint density at radius 3 is 2.50 bits per heavy atom. The first-order valence-corrected chi connectivity index (χ1v) is 6.46. The van der Waals surface area contributed by atoms with Crippen molar-refractivity contribution >= 4 is 17.4 Å². The third-order valence-corrected chi connectivity index (χ3v) is 2.98. The molecule has 2 N–H and O–H groups in total. The van der Waals surface area contributed by atoms with Gasteiger partial charge < -0.3 is 15.2 Å². The summed E-state index contributed by atoms with van der Waals surface area (Å²) in [4.78, 5) is 1.14. The second-order valence-corrected chi connectivity index (χ2v) is 4.32. The normalized spacial score (nSPS) is 10.9. The van der Waals surface area contributed by atoms with E-state index in [0.29, 0.717) is 13.2 Å². The fourth-order valence-corrected chi connectivity index (χ4v) is 2.20. The van der Waals surface area contributed by atoms with E-state index in [2.05, 4.69) is 0 Å². The lowest BCUT2D eigenvalue weighted by Crippen LogP contribution is -2.19. The molecule has 4 heteroatoms. The Hall–Kier alpha value is -0.710. The minimum absolute atomic E-state index is 0.138. The van der Waals surface area contributed by atoms with Gasteiger partial charge in [0.05, 0.1) is 0 Å². The number of nitrogen functional groups attached to an aromatic ring is 1. The minimum Gasteiger partial charge on any atom is -0.399 e. The lowest BCUT2D eigenvalue weighted by molar-refractivity contribution is -0.120. The van der Waals surface area contributed by atoms with Crippen LogP contribution in [-0.4, -0.2) is 25.3 Å². The Bertz CT molecular complexity index is 301. The van der Waals surface area contributed by atoms with E-state index in [0.717, 1.165) is 16.3 Å². The first-order chi connectivity index (χ1) is 7.76. The summed E-state index contributed by atoms with van der Waals surface area (Å²) >= 11 is 1.69. The first kappa shape index (κ1) is 13.4. The standard InChI is InChI=1S/C12H19NO2S/c1-3-14-12(15-4-2)9-16-11-7-5-6-10(13)8-11/h5-8,12H,3-4,9,13H2,1-2H3. The van der Waals surface area contributed by atoms with Gasteiger partial charge in [-0.15, -0.1) is 11.8 Å². The van der Waals surface area contributed by atoms with Crippen LogP contribution in [0.3, 0.4) is 0 Å². The molecule has 0 bridgehead atoms. The molecule has 3 nitrogen and oxygen atoms in total. The van der Waals surface area contributed by atoms with Crippen LogP contribution in [0.1, 0.15) is 13.8 Å². The van der Waals surface area contributed by atoms with Crippen LogP contribution in [0.4, 0.5) is 5.69 Å². The van der Waals surface area contributed by atoms with Crippen LogP contribution in [0, 0.1) is 0 Å². The summed E-state index contributed by atoms with van der Waals surface area (Å²) in [5.41, 5.74) is 6.49. The Morgan fingerprint density at radius 1 is 1.25 bits per heavy atom. The number of nitrogens with two attached hydrogens (primary N) is 1. The number of hydrogen-bond acceptors (Lipinski definition) is 4. The molecule has 0 fully saturated rings. The summed E-state index contributed by atoms with van der Waals surface area (Å²) in [6.07, 6.45) is -0.138. The molecule has 0 spiro atoms. The third-order valence-electron chi connectivity index (χ3n) is 1.95. The molecule has 0 aromatic heterocycles. The predicted octanol–water partition coefficient (Wildman–Crippen LogP) is 2.76. The van der Waals surface area contributed by atoms with Crippen LogP contribution in [0.25, 0.3) is 0 Å². The fourth-order valence-electron chi connectivity index (χ4n) is 1.28. The van der Waals surface area contributed by atoms with Gasteiger partial charge in [-0.05, 0) is 32.0 Å². The number of ether oxygens (including phenoxy) is 2. The second-order valence-electron chi connectivity index (χ2n) is 3.22. The summed E-state index contributed by atoms with van der Waals surface area (Å²) < 4.78 is 10.9. The van der Waals surface area contributed by atoms with E-state index in [1.165, 1.54) is 0 Å². The first-order valence-electron chi connectivity index (χ1n) is 5.47. The van der Waals surface area contributed by atoms with E-state index in [4.69, 9.17) is 15.2 Å². The van der Waals surface area contributed by atoms with Gasteiger partial charge in [-0.3, -0.25) is 0 Å². The molecule has 16 heavy (non-hydrogen) atoms. The van der Waals surface area contributed by atoms with Gasteiger partial charge in [0.1, 0.15) is 0 Å². The quantitative estimate of drug-likeness (QED) is 0.453. The molecule has 0 amide bonds. The van der Waals surface area contributed by atoms with Crippen molar-refractivity contribution in [3.8, 4) is 0 Å². The van der Waals surface area contributed by atoms with Gasteiger partial charge in [0, 0.05) is 29.5 Å². The van der Waals surface area contributed by atoms with Gasteiger partial charge in [0.15, 0.2) is 6.29 Å². The van der Waals surface area contributed by atoms with E-state index in [9.17, 15) is 0 Å². The minimum atomic E-state index is -0.138. The molecule has 1 aromatic rings. The summed E-state index contributed by atoms with van der Waals surface area (Å²) in [5, 5.41) is 0. The molecule has 0 aliphatic heterocycles. The molecule has 0 saturated heterocycles. The number of benzene rings is 1. The van der Waals surface area contributed by atoms with E-state index in [-0.39, 0.29) is 6.29 Å². The lowest BCUT2D eigenvalue weighted by Gasteiger charge is -2.16. The van der Waals surface area contributed by atoms with Crippen molar-refractivity contribution in [2.75, 3.05) is 24.7 Å². The number of anilines is 1. The summed E-state index contributed by atoms with van der Waals surface area (Å²) in [5.74, 6) is 0.783. The molecule has 1 rings (SSSR count). The van der Waals surface area contributed by atoms with Gasteiger partial charge in [-0.25, -0.2) is 0 Å². The van der Waals surface area contributed by atoms with Crippen molar-refractivity contribution in [3.05, 3.63) is 24.3 Å². The zero-order valence-corrected chi connectivity index (χ0v) is 10.6. The van der Waals surface area contributed by atoms with Crippen LogP contribution in [0.2, 0.25) is 0 Å². The third kappa shape index (κ3) is 4.88. The Balaban J connectivity index is 2.41. The highest BCUT2D eigenvalue weighted by molar-refractivity contribution is 7.99. The maximum absolute atomic E-state index is 5.71. The average molecular weight is 241 g/mol. The molecule has 0 unspecified atom stereocenters. The molecular formula is C12H19NO2S. The molecule has 0 radical (unpaired) electrons. The second kappa shape index (κ2) is 7.54. The number of rotatable bonds is 7. The summed E-state index contributed by atoms with van der Waals surface area (Å²) in [6.45, 7) is 5.28. The van der Waals surface area contributed by atoms with E-state index in [1.54, 1.807) is 11.8 Å². The predicted molar refractivity (Wildman–Crippen MR) is 68.6 cm³/mol. The van der Waals surface area contributed by atoms with Crippen molar-refractivity contribution in [2.24, 2.45) is 0 Å². The van der Waals surface area contributed by atoms with Gasteiger partial charge in [-0.2, -0.15) is 0 Å². The lowest BCUT2D eigenvalue weighted by atomic mass is 10.3. The summed E-state index contributed by atoms with van der Waals surface area (Å²) in [6, 6.07) is 7.83. The molecule has 0 aliphatic rings. The Morgan fingerprint density at radius 2 is 1.94 bits per heavy atom. The molecular weight excluding hydrogens is 222 g/mol. The summed E-state index contributed by atoms with van der Waals surface area (Å²) in [7, 11) is 0. The largest absolute Gasteiger partial charge is 0.399 e. The van der Waals surface area contributed by atoms with E-state index in [1.807, 2.05) is 38.1 Å². The van der Waals surface area contributed by atoms with Crippen LogP contribution in [0.15, 0.2) is 29.2 Å².